The fourth-order valence-electron chi connectivity index (χ4n) is 6.16. The van der Waals surface area contributed by atoms with Crippen LogP contribution in [0.15, 0.2) is 88.5 Å². The molecular weight excluding hydrogens is 561 g/mol. The summed E-state index contributed by atoms with van der Waals surface area (Å²) in [7, 11) is 0. The minimum Gasteiger partial charge on any atom is -0.480 e. The number of benzene rings is 3. The molecule has 2 heterocycles. The van der Waals surface area contributed by atoms with Crippen molar-refractivity contribution in [2.75, 3.05) is 19.6 Å². The number of fused-ring (bicyclic) bond motifs is 1. The number of carbonyl (C=O) groups is 1. The number of carboxylic acid groups (broad SMARTS) is 1. The molecule has 1 N–H and O–H groups in total. The van der Waals surface area contributed by atoms with Gasteiger partial charge in [-0.2, -0.15) is 0 Å². The van der Waals surface area contributed by atoms with E-state index in [1.54, 1.807) is 6.92 Å². The molecule has 3 aromatic carbocycles. The fraction of sp³-hybridized carbons (Fsp3) is 0.400. The number of aromatic nitrogens is 2. The van der Waals surface area contributed by atoms with Crippen molar-refractivity contribution < 1.29 is 19.0 Å². The molecule has 0 bridgehead atoms. The van der Waals surface area contributed by atoms with Gasteiger partial charge in [-0.25, -0.2) is 18.5 Å². The SMILES string of the molecule is CCCC(C(=O)O)n1c(=O)c2cc(F)ccc2n(CCCCN2CCC(OC(c3ccccc3)c3ccccc3)CC2)c1=O. The van der Waals surface area contributed by atoms with Crippen molar-refractivity contribution in [3.8, 4) is 0 Å². The largest absolute Gasteiger partial charge is 0.480 e. The molecule has 44 heavy (non-hydrogen) atoms. The van der Waals surface area contributed by atoms with E-state index in [0.717, 1.165) is 60.7 Å². The van der Waals surface area contributed by atoms with Crippen molar-refractivity contribution >= 4 is 16.9 Å². The molecule has 0 aliphatic carbocycles. The van der Waals surface area contributed by atoms with E-state index in [0.29, 0.717) is 24.9 Å². The molecule has 1 aromatic heterocycles. The lowest BCUT2D eigenvalue weighted by molar-refractivity contribution is -0.141. The topological polar surface area (TPSA) is 93.8 Å². The molecule has 232 valence electrons. The highest BCUT2D eigenvalue weighted by atomic mass is 19.1. The highest BCUT2D eigenvalue weighted by molar-refractivity contribution is 5.79. The van der Waals surface area contributed by atoms with Gasteiger partial charge in [0.25, 0.3) is 5.56 Å². The molecule has 0 spiro atoms. The molecule has 0 amide bonds. The lowest BCUT2D eigenvalue weighted by Crippen LogP contribution is -2.44. The highest BCUT2D eigenvalue weighted by Crippen LogP contribution is 2.30. The van der Waals surface area contributed by atoms with Gasteiger partial charge in [-0.15, -0.1) is 0 Å². The zero-order valence-corrected chi connectivity index (χ0v) is 25.1. The fourth-order valence-corrected chi connectivity index (χ4v) is 6.16. The van der Waals surface area contributed by atoms with Gasteiger partial charge in [-0.3, -0.25) is 9.36 Å². The van der Waals surface area contributed by atoms with Gasteiger partial charge in [-0.05, 0) is 68.0 Å². The predicted molar refractivity (Wildman–Crippen MR) is 169 cm³/mol. The maximum absolute atomic E-state index is 14.1. The lowest BCUT2D eigenvalue weighted by Gasteiger charge is -2.34. The summed E-state index contributed by atoms with van der Waals surface area (Å²) < 4.78 is 23.0. The molecule has 1 saturated heterocycles. The van der Waals surface area contributed by atoms with E-state index in [1.165, 1.54) is 16.7 Å². The van der Waals surface area contributed by atoms with E-state index in [1.807, 2.05) is 36.4 Å². The first-order chi connectivity index (χ1) is 21.4. The molecule has 0 saturated carbocycles. The van der Waals surface area contributed by atoms with Crippen molar-refractivity contribution in [2.24, 2.45) is 0 Å². The van der Waals surface area contributed by atoms with Crippen molar-refractivity contribution in [1.82, 2.24) is 14.0 Å². The summed E-state index contributed by atoms with van der Waals surface area (Å²) in [5.41, 5.74) is 1.17. The molecule has 1 atom stereocenters. The molecule has 1 aliphatic rings. The average molecular weight is 602 g/mol. The summed E-state index contributed by atoms with van der Waals surface area (Å²) in [6.07, 6.45) is 3.94. The molecule has 9 heteroatoms. The monoisotopic (exact) mass is 601 g/mol. The van der Waals surface area contributed by atoms with E-state index < -0.39 is 29.1 Å². The number of likely N-dealkylation sites (tertiary alicyclic amines) is 1. The Labute approximate surface area is 256 Å². The van der Waals surface area contributed by atoms with E-state index in [4.69, 9.17) is 4.74 Å². The Hall–Kier alpha value is -4.08. The van der Waals surface area contributed by atoms with Crippen molar-refractivity contribution in [1.29, 1.82) is 0 Å². The Bertz CT molecular complexity index is 1620. The minimum absolute atomic E-state index is 0.0123. The maximum Gasteiger partial charge on any atom is 0.332 e. The summed E-state index contributed by atoms with van der Waals surface area (Å²) >= 11 is 0. The van der Waals surface area contributed by atoms with Gasteiger partial charge < -0.3 is 14.7 Å². The standard InChI is InChI=1S/C35H40FN3O5/c1-2-11-31(34(41)42)39-33(40)29-24-27(36)16-17-30(29)38(35(39)43)21-10-9-20-37-22-18-28(19-23-37)44-32(25-12-5-3-6-13-25)26-14-7-4-8-15-26/h3-8,12-17,24,28,31-32H,2,9-11,18-23H2,1H3,(H,41,42). The van der Waals surface area contributed by atoms with Crippen LogP contribution in [0.5, 0.6) is 0 Å². The van der Waals surface area contributed by atoms with E-state index in [9.17, 15) is 23.9 Å². The Kier molecular flexibility index (Phi) is 10.4. The van der Waals surface area contributed by atoms with Gasteiger partial charge >= 0.3 is 11.7 Å². The van der Waals surface area contributed by atoms with Crippen LogP contribution in [0.1, 0.15) is 68.7 Å². The Balaban J connectivity index is 1.21. The highest BCUT2D eigenvalue weighted by Gasteiger charge is 2.27. The number of carboxylic acids is 1. The van der Waals surface area contributed by atoms with Crippen LogP contribution in [0.25, 0.3) is 10.9 Å². The van der Waals surface area contributed by atoms with E-state index in [2.05, 4.69) is 29.2 Å². The van der Waals surface area contributed by atoms with Gasteiger partial charge in [0.1, 0.15) is 18.0 Å². The molecular formula is C35H40FN3O5. The number of nitrogens with zero attached hydrogens (tertiary/aromatic N) is 3. The molecule has 8 nitrogen and oxygen atoms in total. The number of hydrogen-bond donors (Lipinski definition) is 1. The van der Waals surface area contributed by atoms with E-state index >= 15 is 0 Å². The first-order valence-electron chi connectivity index (χ1n) is 15.5. The van der Waals surface area contributed by atoms with Crippen LogP contribution < -0.4 is 11.2 Å². The van der Waals surface area contributed by atoms with Crippen molar-refractivity contribution in [3.05, 3.63) is 117 Å². The van der Waals surface area contributed by atoms with Crippen LogP contribution in [-0.4, -0.2) is 50.8 Å². The maximum atomic E-state index is 14.1. The summed E-state index contributed by atoms with van der Waals surface area (Å²) in [5.74, 6) is -1.86. The number of hydrogen-bond acceptors (Lipinski definition) is 5. The zero-order valence-electron chi connectivity index (χ0n) is 25.1. The molecule has 1 unspecified atom stereocenters. The van der Waals surface area contributed by atoms with Gasteiger partial charge in [0, 0.05) is 19.6 Å². The van der Waals surface area contributed by atoms with E-state index in [-0.39, 0.29) is 24.0 Å². The molecule has 1 fully saturated rings. The van der Waals surface area contributed by atoms with Crippen LogP contribution in [0.4, 0.5) is 4.39 Å². The van der Waals surface area contributed by atoms with Crippen LogP contribution in [0, 0.1) is 5.82 Å². The Morgan fingerprint density at radius 1 is 0.932 bits per heavy atom. The average Bonchev–Trinajstić information content (AvgIpc) is 3.04. The third-order valence-electron chi connectivity index (χ3n) is 8.47. The first kappa shape index (κ1) is 31.3. The van der Waals surface area contributed by atoms with Crippen molar-refractivity contribution in [3.63, 3.8) is 0 Å². The molecule has 4 aromatic rings. The van der Waals surface area contributed by atoms with Crippen LogP contribution in [0.3, 0.4) is 0 Å². The summed E-state index contributed by atoms with van der Waals surface area (Å²) in [4.78, 5) is 41.0. The van der Waals surface area contributed by atoms with Crippen molar-refractivity contribution in [2.45, 2.75) is 70.2 Å². The second-order valence-electron chi connectivity index (χ2n) is 11.5. The normalized spacial score (nSPS) is 15.2. The van der Waals surface area contributed by atoms with Crippen LogP contribution in [-0.2, 0) is 16.1 Å². The lowest BCUT2D eigenvalue weighted by atomic mass is 10.00. The number of ether oxygens (including phenoxy) is 1. The number of unbranched alkanes of at least 4 members (excludes halogenated alkanes) is 1. The third-order valence-corrected chi connectivity index (χ3v) is 8.47. The zero-order chi connectivity index (χ0) is 31.1. The number of aliphatic carboxylic acids is 1. The summed E-state index contributed by atoms with van der Waals surface area (Å²) in [6, 6.07) is 23.0. The smallest absolute Gasteiger partial charge is 0.332 e. The molecule has 0 radical (unpaired) electrons. The second-order valence-corrected chi connectivity index (χ2v) is 11.5. The number of halogens is 1. The summed E-state index contributed by atoms with van der Waals surface area (Å²) in [5, 5.41) is 9.78. The number of rotatable bonds is 13. The Morgan fingerprint density at radius 3 is 2.14 bits per heavy atom. The Morgan fingerprint density at radius 2 is 1.55 bits per heavy atom. The quantitative estimate of drug-likeness (QED) is 0.195. The first-order valence-corrected chi connectivity index (χ1v) is 15.5. The summed E-state index contributed by atoms with van der Waals surface area (Å²) in [6.45, 7) is 4.76. The molecule has 5 rings (SSSR count). The third kappa shape index (κ3) is 7.17. The molecule has 1 aliphatic heterocycles. The minimum atomic E-state index is -1.30. The van der Waals surface area contributed by atoms with Gasteiger partial charge in [0.05, 0.1) is 17.0 Å². The number of piperidine rings is 1. The number of aryl methyl sites for hydroxylation is 1. The predicted octanol–water partition coefficient (Wildman–Crippen LogP) is 5.78. The second kappa shape index (κ2) is 14.6. The van der Waals surface area contributed by atoms with Crippen LogP contribution >= 0.6 is 0 Å². The van der Waals surface area contributed by atoms with Gasteiger partial charge in [0.15, 0.2) is 0 Å². The van der Waals surface area contributed by atoms with Gasteiger partial charge in [0.2, 0.25) is 0 Å². The van der Waals surface area contributed by atoms with Gasteiger partial charge in [-0.1, -0.05) is 74.0 Å². The van der Waals surface area contributed by atoms with Crippen LogP contribution in [0.2, 0.25) is 0 Å².